The van der Waals surface area contributed by atoms with Crippen molar-refractivity contribution in [2.45, 2.75) is 69.0 Å². The summed E-state index contributed by atoms with van der Waals surface area (Å²) in [5, 5.41) is 3.80. The Morgan fingerprint density at radius 1 is 1.09 bits per heavy atom. The molecule has 1 saturated carbocycles. The van der Waals surface area contributed by atoms with E-state index in [1.54, 1.807) is 35.7 Å². The molecule has 0 bridgehead atoms. The number of carbonyl (C=O) groups excluding carboxylic acids is 2. The lowest BCUT2D eigenvalue weighted by Crippen LogP contribution is -2.50. The van der Waals surface area contributed by atoms with Crippen molar-refractivity contribution >= 4 is 35.2 Å². The van der Waals surface area contributed by atoms with E-state index < -0.39 is 6.04 Å². The molecule has 3 rings (SSSR count). The highest BCUT2D eigenvalue weighted by molar-refractivity contribution is 7.99. The first-order chi connectivity index (χ1) is 15.4. The Hall–Kier alpha value is -2.05. The van der Waals surface area contributed by atoms with Gasteiger partial charge in [-0.15, -0.1) is 11.8 Å². The van der Waals surface area contributed by atoms with Crippen molar-refractivity contribution in [2.24, 2.45) is 0 Å². The van der Waals surface area contributed by atoms with Crippen molar-refractivity contribution in [3.05, 3.63) is 64.9 Å². The second kappa shape index (κ2) is 12.3. The summed E-state index contributed by atoms with van der Waals surface area (Å²) in [6, 6.07) is 13.1. The normalized spacial score (nSPS) is 15.2. The molecule has 2 aromatic rings. The first kappa shape index (κ1) is 24.6. The van der Waals surface area contributed by atoms with E-state index in [9.17, 15) is 14.0 Å². The summed E-state index contributed by atoms with van der Waals surface area (Å²) >= 11 is 7.50. The molecule has 1 aliphatic rings. The molecule has 32 heavy (non-hydrogen) atoms. The zero-order valence-corrected chi connectivity index (χ0v) is 19.9. The van der Waals surface area contributed by atoms with Gasteiger partial charge in [-0.1, -0.05) is 43.0 Å². The van der Waals surface area contributed by atoms with Gasteiger partial charge in [0.1, 0.15) is 11.9 Å². The number of nitrogens with zero attached hydrogens (tertiary/aromatic N) is 1. The van der Waals surface area contributed by atoms with Crippen LogP contribution in [0.1, 0.15) is 51.0 Å². The van der Waals surface area contributed by atoms with E-state index in [2.05, 4.69) is 5.32 Å². The quantitative estimate of drug-likeness (QED) is 0.463. The van der Waals surface area contributed by atoms with Crippen LogP contribution in [0.25, 0.3) is 0 Å². The molecule has 1 N–H and O–H groups in total. The Bertz CT molecular complexity index is 886. The molecule has 0 spiro atoms. The van der Waals surface area contributed by atoms with Crippen LogP contribution >= 0.6 is 23.4 Å². The van der Waals surface area contributed by atoms with Gasteiger partial charge in [-0.05, 0) is 61.7 Å². The monoisotopic (exact) mass is 476 g/mol. The number of hydrogen-bond donors (Lipinski definition) is 1. The molecule has 0 aliphatic heterocycles. The summed E-state index contributed by atoms with van der Waals surface area (Å²) in [6.07, 6.45) is 5.74. The average Bonchev–Trinajstić information content (AvgIpc) is 2.80. The van der Waals surface area contributed by atoms with Gasteiger partial charge in [-0.3, -0.25) is 9.59 Å². The molecular weight excluding hydrogens is 447 g/mol. The van der Waals surface area contributed by atoms with E-state index in [1.165, 1.54) is 18.6 Å². The van der Waals surface area contributed by atoms with Crippen LogP contribution in [0.15, 0.2) is 53.4 Å². The van der Waals surface area contributed by atoms with Crippen LogP contribution in [-0.2, 0) is 16.1 Å². The summed E-state index contributed by atoms with van der Waals surface area (Å²) < 4.78 is 13.3. The lowest BCUT2D eigenvalue weighted by Gasteiger charge is -2.31. The number of carbonyl (C=O) groups is 2. The van der Waals surface area contributed by atoms with Crippen molar-refractivity contribution in [3.8, 4) is 0 Å². The standard InChI is InChI=1S/C25H30ClFN2O2S/c1-18(25(31)28-22-5-3-2-4-6-22)29(17-19-7-11-21(27)12-8-19)24(30)15-16-32-23-13-9-20(26)10-14-23/h7-14,18,22H,2-6,15-17H2,1H3,(H,28,31)/t18-/m1/s1. The molecule has 1 atom stereocenters. The predicted molar refractivity (Wildman–Crippen MR) is 128 cm³/mol. The van der Waals surface area contributed by atoms with E-state index >= 15 is 0 Å². The minimum absolute atomic E-state index is 0.0953. The van der Waals surface area contributed by atoms with E-state index in [0.717, 1.165) is 36.1 Å². The summed E-state index contributed by atoms with van der Waals surface area (Å²) in [5.74, 6) is 0.0473. The summed E-state index contributed by atoms with van der Waals surface area (Å²) in [5.41, 5.74) is 0.794. The zero-order valence-electron chi connectivity index (χ0n) is 18.4. The second-order valence-electron chi connectivity index (χ2n) is 8.22. The maximum Gasteiger partial charge on any atom is 0.242 e. The van der Waals surface area contributed by atoms with E-state index in [1.807, 2.05) is 24.3 Å². The van der Waals surface area contributed by atoms with Gasteiger partial charge in [0.05, 0.1) is 0 Å². The van der Waals surface area contributed by atoms with Gasteiger partial charge in [0.25, 0.3) is 0 Å². The maximum atomic E-state index is 13.3. The fourth-order valence-electron chi connectivity index (χ4n) is 3.87. The van der Waals surface area contributed by atoms with Crippen LogP contribution in [0.2, 0.25) is 5.02 Å². The van der Waals surface area contributed by atoms with Crippen molar-refractivity contribution < 1.29 is 14.0 Å². The van der Waals surface area contributed by atoms with Crippen LogP contribution in [0, 0.1) is 5.82 Å². The summed E-state index contributed by atoms with van der Waals surface area (Å²) in [6.45, 7) is 2.04. The minimum Gasteiger partial charge on any atom is -0.352 e. The SMILES string of the molecule is C[C@H](C(=O)NC1CCCCC1)N(Cc1ccc(F)cc1)C(=O)CCSc1ccc(Cl)cc1. The Labute approximate surface area is 198 Å². The molecule has 172 valence electrons. The van der Waals surface area contributed by atoms with Crippen LogP contribution in [0.3, 0.4) is 0 Å². The minimum atomic E-state index is -0.602. The predicted octanol–water partition coefficient (Wildman–Crippen LogP) is 5.83. The van der Waals surface area contributed by atoms with Gasteiger partial charge >= 0.3 is 0 Å². The smallest absolute Gasteiger partial charge is 0.242 e. The zero-order chi connectivity index (χ0) is 22.9. The molecule has 1 fully saturated rings. The first-order valence-electron chi connectivity index (χ1n) is 11.1. The van der Waals surface area contributed by atoms with Gasteiger partial charge in [0.2, 0.25) is 11.8 Å². The Balaban J connectivity index is 1.64. The lowest BCUT2D eigenvalue weighted by atomic mass is 9.95. The molecule has 0 saturated heterocycles. The number of nitrogens with one attached hydrogen (secondary N) is 1. The maximum absolute atomic E-state index is 13.3. The highest BCUT2D eigenvalue weighted by Gasteiger charge is 2.27. The third kappa shape index (κ3) is 7.52. The van der Waals surface area contributed by atoms with Crippen molar-refractivity contribution in [3.63, 3.8) is 0 Å². The molecule has 0 unspecified atom stereocenters. The Morgan fingerprint density at radius 2 is 1.75 bits per heavy atom. The number of rotatable bonds is 9. The summed E-state index contributed by atoms with van der Waals surface area (Å²) in [7, 11) is 0. The molecule has 4 nitrogen and oxygen atoms in total. The average molecular weight is 477 g/mol. The first-order valence-corrected chi connectivity index (χ1v) is 12.5. The molecular formula is C25H30ClFN2O2S. The number of halogens is 2. The van der Waals surface area contributed by atoms with Gasteiger partial charge in [-0.2, -0.15) is 0 Å². The van der Waals surface area contributed by atoms with Gasteiger partial charge in [0.15, 0.2) is 0 Å². The Kier molecular flexibility index (Phi) is 9.42. The van der Waals surface area contributed by atoms with E-state index in [-0.39, 0.29) is 30.2 Å². The lowest BCUT2D eigenvalue weighted by molar-refractivity contribution is -0.140. The number of hydrogen-bond acceptors (Lipinski definition) is 3. The second-order valence-corrected chi connectivity index (χ2v) is 9.82. The molecule has 0 aromatic heterocycles. The molecule has 2 amide bonds. The van der Waals surface area contributed by atoms with Crippen molar-refractivity contribution in [1.82, 2.24) is 10.2 Å². The van der Waals surface area contributed by atoms with Gasteiger partial charge < -0.3 is 10.2 Å². The van der Waals surface area contributed by atoms with Gasteiger partial charge in [0, 0.05) is 34.7 Å². The molecule has 7 heteroatoms. The molecule has 1 aliphatic carbocycles. The van der Waals surface area contributed by atoms with E-state index in [0.29, 0.717) is 17.2 Å². The summed E-state index contributed by atoms with van der Waals surface area (Å²) in [4.78, 5) is 28.7. The van der Waals surface area contributed by atoms with E-state index in [4.69, 9.17) is 11.6 Å². The van der Waals surface area contributed by atoms with Crippen molar-refractivity contribution in [2.75, 3.05) is 5.75 Å². The molecule has 2 aromatic carbocycles. The highest BCUT2D eigenvalue weighted by atomic mass is 35.5. The molecule has 0 radical (unpaired) electrons. The third-order valence-electron chi connectivity index (χ3n) is 5.78. The molecule has 0 heterocycles. The van der Waals surface area contributed by atoms with Crippen molar-refractivity contribution in [1.29, 1.82) is 0 Å². The number of benzene rings is 2. The van der Waals surface area contributed by atoms with Crippen LogP contribution in [0.5, 0.6) is 0 Å². The number of thioether (sulfide) groups is 1. The number of amides is 2. The van der Waals surface area contributed by atoms with Gasteiger partial charge in [-0.25, -0.2) is 4.39 Å². The van der Waals surface area contributed by atoms with Crippen LogP contribution < -0.4 is 5.32 Å². The largest absolute Gasteiger partial charge is 0.352 e. The fourth-order valence-corrected chi connectivity index (χ4v) is 4.84. The Morgan fingerprint density at radius 3 is 2.41 bits per heavy atom. The van der Waals surface area contributed by atoms with Crippen LogP contribution in [-0.4, -0.2) is 34.6 Å². The third-order valence-corrected chi connectivity index (χ3v) is 7.05. The topological polar surface area (TPSA) is 49.4 Å². The fraction of sp³-hybridized carbons (Fsp3) is 0.440. The highest BCUT2D eigenvalue weighted by Crippen LogP contribution is 2.22. The van der Waals surface area contributed by atoms with Crippen LogP contribution in [0.4, 0.5) is 4.39 Å².